The molecule has 2 aromatic rings. The van der Waals surface area contributed by atoms with Crippen LogP contribution in [0.1, 0.15) is 50.2 Å². The van der Waals surface area contributed by atoms with Gasteiger partial charge in [0.2, 0.25) is 20.2 Å². The van der Waals surface area contributed by atoms with E-state index in [2.05, 4.69) is 15.9 Å². The fourth-order valence-electron chi connectivity index (χ4n) is 7.95. The van der Waals surface area contributed by atoms with Crippen LogP contribution >= 0.6 is 15.9 Å². The summed E-state index contributed by atoms with van der Waals surface area (Å²) in [6.07, 6.45) is 2.11. The molecule has 2 aromatic carbocycles. The van der Waals surface area contributed by atoms with E-state index in [1.165, 1.54) is 0 Å². The molecule has 0 aromatic heterocycles. The molecule has 230 valence electrons. The molecule has 3 amide bonds. The van der Waals surface area contributed by atoms with Crippen LogP contribution in [0, 0.1) is 5.92 Å². The van der Waals surface area contributed by atoms with Gasteiger partial charge in [0, 0.05) is 46.7 Å². The molecule has 4 aliphatic heterocycles. The normalized spacial score (nSPS) is 28.9. The average Bonchev–Trinajstić information content (AvgIpc) is 3.72. The van der Waals surface area contributed by atoms with Crippen molar-refractivity contribution in [3.63, 3.8) is 0 Å². The lowest BCUT2D eigenvalue weighted by atomic mass is 9.82. The lowest BCUT2D eigenvalue weighted by Gasteiger charge is -2.31. The molecule has 0 aliphatic carbocycles. The second kappa shape index (κ2) is 11.4. The van der Waals surface area contributed by atoms with Crippen molar-refractivity contribution in [3.05, 3.63) is 58.1 Å². The minimum Gasteiger partial charge on any atom is -0.394 e. The Balaban J connectivity index is 1.35. The van der Waals surface area contributed by atoms with E-state index in [9.17, 15) is 19.5 Å². The number of fused-ring (bicyclic) bond motifs is 2. The number of ether oxygens (including phenoxy) is 1. The van der Waals surface area contributed by atoms with Gasteiger partial charge < -0.3 is 28.7 Å². The Bertz CT molecular complexity index is 1450. The summed E-state index contributed by atoms with van der Waals surface area (Å²) < 4.78 is 23.7. The third-order valence-electron chi connectivity index (χ3n) is 9.84. The van der Waals surface area contributed by atoms with E-state index in [1.54, 1.807) is 27.8 Å². The fourth-order valence-corrected chi connectivity index (χ4v) is 10.8. The summed E-state index contributed by atoms with van der Waals surface area (Å²) in [4.78, 5) is 45.7. The molecule has 3 fully saturated rings. The number of carbonyl (C=O) groups excluding carboxylic acids is 3. The monoisotopic (exact) mass is 671 g/mol. The molecule has 11 heteroatoms. The summed E-state index contributed by atoms with van der Waals surface area (Å²) in [7, 11) is -3.43. The van der Waals surface area contributed by atoms with Gasteiger partial charge in [-0.05, 0) is 68.3 Å². The number of hydrogen-bond acceptors (Lipinski definition) is 5. The van der Waals surface area contributed by atoms with Crippen LogP contribution < -0.4 is 9.80 Å². The van der Waals surface area contributed by atoms with Crippen molar-refractivity contribution in [2.45, 2.75) is 82.0 Å². The largest absolute Gasteiger partial charge is 0.394 e. The zero-order valence-electron chi connectivity index (χ0n) is 24.9. The first-order chi connectivity index (χ1) is 20.5. The molecule has 4 heterocycles. The first-order valence-corrected chi connectivity index (χ1v) is 19.0. The Labute approximate surface area is 261 Å². The number of carbonyl (C=O) groups is 3. The highest BCUT2D eigenvalue weighted by Gasteiger charge is 2.67. The van der Waals surface area contributed by atoms with Crippen molar-refractivity contribution in [1.82, 2.24) is 4.90 Å². The van der Waals surface area contributed by atoms with E-state index < -0.39 is 31.6 Å². The predicted molar refractivity (Wildman–Crippen MR) is 168 cm³/mol. The summed E-state index contributed by atoms with van der Waals surface area (Å²) in [5.74, 6) is -0.841. The van der Waals surface area contributed by atoms with Crippen LogP contribution in [-0.4, -0.2) is 68.0 Å². The minimum absolute atomic E-state index is 0.0316. The first-order valence-electron chi connectivity index (χ1n) is 15.2. The highest BCUT2D eigenvalue weighted by atomic mass is 79.9. The molecule has 1 spiro atoms. The topological polar surface area (TPSA) is 90.4 Å². The zero-order chi connectivity index (χ0) is 30.7. The molecule has 0 bridgehead atoms. The quantitative estimate of drug-likeness (QED) is 0.320. The molecule has 5 atom stereocenters. The van der Waals surface area contributed by atoms with Gasteiger partial charge >= 0.3 is 0 Å². The maximum atomic E-state index is 16.2. The Morgan fingerprint density at radius 2 is 1.95 bits per heavy atom. The molecule has 0 unspecified atom stereocenters. The summed E-state index contributed by atoms with van der Waals surface area (Å²) in [6.45, 7) is 6.54. The van der Waals surface area contributed by atoms with Crippen molar-refractivity contribution < 1.29 is 28.3 Å². The molecule has 4 aliphatic rings. The first kappa shape index (κ1) is 30.4. The van der Waals surface area contributed by atoms with Crippen LogP contribution in [0.2, 0.25) is 18.6 Å². The van der Waals surface area contributed by atoms with E-state index in [4.69, 9.17) is 4.74 Å². The minimum atomic E-state index is -3.43. The van der Waals surface area contributed by atoms with Crippen molar-refractivity contribution in [3.8, 4) is 0 Å². The number of benzene rings is 2. The smallest absolute Gasteiger partial charge is 0.264 e. The van der Waals surface area contributed by atoms with Gasteiger partial charge in [-0.1, -0.05) is 35.0 Å². The van der Waals surface area contributed by atoms with E-state index in [1.807, 2.05) is 49.4 Å². The van der Waals surface area contributed by atoms with Crippen molar-refractivity contribution in [2.24, 2.45) is 5.92 Å². The van der Waals surface area contributed by atoms with Gasteiger partial charge in [0.25, 0.3) is 5.91 Å². The number of amides is 3. The molecule has 8 nitrogen and oxygen atoms in total. The third kappa shape index (κ3) is 5.15. The van der Waals surface area contributed by atoms with Crippen molar-refractivity contribution >= 4 is 53.4 Å². The number of hydrogen-bond donors (Lipinski definition) is 1. The van der Waals surface area contributed by atoms with Crippen LogP contribution in [0.3, 0.4) is 0 Å². The van der Waals surface area contributed by atoms with Crippen LogP contribution in [0.25, 0.3) is 0 Å². The second-order valence-electron chi connectivity index (χ2n) is 12.9. The summed E-state index contributed by atoms with van der Waals surface area (Å²) in [5, 5.41) is 9.80. The SMILES string of the molecule is C[C@H]1[C@H]([Si](C)(C)F)[C@@H](CC(=O)N2CCC[C@H]2CO)O[C@]12C(=O)N(Cc1cccc(N3CCCC3=O)c1)c1ccc(Br)cc12. The van der Waals surface area contributed by atoms with E-state index in [-0.39, 0.29) is 43.3 Å². The number of aliphatic hydroxyl groups excluding tert-OH is 1. The lowest BCUT2D eigenvalue weighted by molar-refractivity contribution is -0.150. The second-order valence-corrected chi connectivity index (χ2v) is 17.6. The fraction of sp³-hybridized carbons (Fsp3) is 0.531. The highest BCUT2D eigenvalue weighted by Crippen LogP contribution is 2.60. The number of anilines is 2. The molecule has 3 saturated heterocycles. The van der Waals surface area contributed by atoms with Gasteiger partial charge in [0.05, 0.1) is 37.4 Å². The van der Waals surface area contributed by atoms with Crippen LogP contribution in [0.5, 0.6) is 0 Å². The Morgan fingerprint density at radius 3 is 2.65 bits per heavy atom. The van der Waals surface area contributed by atoms with Crippen molar-refractivity contribution in [1.29, 1.82) is 0 Å². The molecular weight excluding hydrogens is 633 g/mol. The van der Waals surface area contributed by atoms with Crippen LogP contribution in [0.15, 0.2) is 46.9 Å². The van der Waals surface area contributed by atoms with Gasteiger partial charge in [-0.3, -0.25) is 14.4 Å². The summed E-state index contributed by atoms with van der Waals surface area (Å²) >= 11 is 3.57. The van der Waals surface area contributed by atoms with Crippen LogP contribution in [0.4, 0.5) is 15.5 Å². The molecular formula is C32H39BrFN3O5Si. The molecule has 0 saturated carbocycles. The Morgan fingerprint density at radius 1 is 1.16 bits per heavy atom. The number of halogens is 2. The number of likely N-dealkylation sites (tertiary alicyclic amines) is 1. The number of nitrogens with zero attached hydrogens (tertiary/aromatic N) is 3. The predicted octanol–water partition coefficient (Wildman–Crippen LogP) is 5.27. The van der Waals surface area contributed by atoms with E-state index >= 15 is 4.11 Å². The molecule has 1 N–H and O–H groups in total. The standard InChI is InChI=1S/C32H39BrFN3O5Si/c1-20-30(43(2,3)34)27(17-29(40)36-13-5-9-24(36)19-38)42-32(20)25-16-22(33)11-12-26(25)37(31(32)41)18-21-7-4-8-23(15-21)35-14-6-10-28(35)39/h4,7-8,11-12,15-16,20,24,27,30,38H,5-6,9-10,13-14,17-19H2,1-3H3/t20-,24-,27+,30-,32+/m0/s1. The summed E-state index contributed by atoms with van der Waals surface area (Å²) in [6, 6.07) is 13.1. The van der Waals surface area contributed by atoms with Gasteiger partial charge in [-0.2, -0.15) is 0 Å². The highest BCUT2D eigenvalue weighted by molar-refractivity contribution is 9.10. The van der Waals surface area contributed by atoms with Gasteiger partial charge in [-0.25, -0.2) is 0 Å². The molecule has 0 radical (unpaired) electrons. The average molecular weight is 673 g/mol. The van der Waals surface area contributed by atoms with Gasteiger partial charge in [-0.15, -0.1) is 0 Å². The Hall–Kier alpha value is -2.60. The number of aliphatic hydroxyl groups is 1. The maximum Gasteiger partial charge on any atom is 0.264 e. The molecule has 6 rings (SSSR count). The van der Waals surface area contributed by atoms with Crippen molar-refractivity contribution in [2.75, 3.05) is 29.5 Å². The summed E-state index contributed by atoms with van der Waals surface area (Å²) in [5.41, 5.74) is 1.04. The van der Waals surface area contributed by atoms with E-state index in [0.717, 1.165) is 35.0 Å². The maximum absolute atomic E-state index is 16.2. The van der Waals surface area contributed by atoms with Gasteiger partial charge in [0.15, 0.2) is 5.60 Å². The Kier molecular flexibility index (Phi) is 8.06. The lowest BCUT2D eigenvalue weighted by Crippen LogP contribution is -2.45. The number of rotatable bonds is 7. The van der Waals surface area contributed by atoms with Gasteiger partial charge in [0.1, 0.15) is 0 Å². The zero-order valence-corrected chi connectivity index (χ0v) is 27.5. The third-order valence-corrected chi connectivity index (χ3v) is 12.8. The van der Waals surface area contributed by atoms with Crippen LogP contribution in [-0.2, 0) is 31.3 Å². The van der Waals surface area contributed by atoms with E-state index in [0.29, 0.717) is 30.8 Å². The molecule has 43 heavy (non-hydrogen) atoms.